The van der Waals surface area contributed by atoms with Crippen molar-refractivity contribution in [1.82, 2.24) is 10.2 Å². The zero-order chi connectivity index (χ0) is 17.0. The first-order valence-electron chi connectivity index (χ1n) is 9.90. The number of halogens is 1. The van der Waals surface area contributed by atoms with Crippen molar-refractivity contribution in [3.05, 3.63) is 0 Å². The summed E-state index contributed by atoms with van der Waals surface area (Å²) in [7, 11) is 1.80. The Bertz CT molecular complexity index is 440. The van der Waals surface area contributed by atoms with Gasteiger partial charge in [0.1, 0.15) is 0 Å². The first kappa shape index (κ1) is 21.2. The van der Waals surface area contributed by atoms with Crippen LogP contribution in [0.1, 0.15) is 52.4 Å². The zero-order valence-corrected chi connectivity index (χ0v) is 18.5. The normalized spacial score (nSPS) is 31.1. The van der Waals surface area contributed by atoms with Gasteiger partial charge in [0.2, 0.25) is 0 Å². The number of nitrogens with one attached hydrogen (secondary N) is 1. The molecule has 3 aliphatic rings. The number of methoxy groups -OCH3 is 1. The number of hydrogen-bond donors (Lipinski definition) is 1. The number of rotatable bonds is 6. The van der Waals surface area contributed by atoms with E-state index in [1.807, 2.05) is 0 Å². The summed E-state index contributed by atoms with van der Waals surface area (Å²) < 4.78 is 11.4. The smallest absolute Gasteiger partial charge is 0.194 e. The molecule has 1 heterocycles. The molecule has 0 amide bonds. The molecule has 6 heteroatoms. The maximum atomic E-state index is 6.05. The van der Waals surface area contributed by atoms with Gasteiger partial charge in [-0.15, -0.1) is 24.0 Å². The highest BCUT2D eigenvalue weighted by atomic mass is 127. The van der Waals surface area contributed by atoms with Crippen LogP contribution >= 0.6 is 24.0 Å². The van der Waals surface area contributed by atoms with Gasteiger partial charge in [0.15, 0.2) is 5.96 Å². The van der Waals surface area contributed by atoms with Crippen LogP contribution in [0.4, 0.5) is 0 Å². The van der Waals surface area contributed by atoms with Crippen molar-refractivity contribution < 1.29 is 9.47 Å². The van der Waals surface area contributed by atoms with Crippen molar-refractivity contribution in [2.24, 2.45) is 16.3 Å². The SMILES string of the molecule is CCN=C(NC1CC(OCC)C12CCCC2)N1CCC(COC)C1.I. The van der Waals surface area contributed by atoms with Gasteiger partial charge in [0, 0.05) is 50.7 Å². The van der Waals surface area contributed by atoms with E-state index in [9.17, 15) is 0 Å². The Morgan fingerprint density at radius 2 is 2.04 bits per heavy atom. The van der Waals surface area contributed by atoms with Crippen molar-refractivity contribution in [3.63, 3.8) is 0 Å². The molecule has 0 aromatic heterocycles. The standard InChI is InChI=1S/C19H35N3O2.HI/c1-4-20-18(22-11-8-15(13-22)14-23-3)21-16-12-17(24-5-2)19(16)9-6-7-10-19;/h15-17H,4-14H2,1-3H3,(H,20,21);1H. The minimum absolute atomic E-state index is 0. The second-order valence-corrected chi connectivity index (χ2v) is 7.67. The van der Waals surface area contributed by atoms with E-state index >= 15 is 0 Å². The Hall–Kier alpha value is -0.0800. The molecule has 1 spiro atoms. The maximum Gasteiger partial charge on any atom is 0.194 e. The van der Waals surface area contributed by atoms with E-state index in [2.05, 4.69) is 24.1 Å². The highest BCUT2D eigenvalue weighted by Crippen LogP contribution is 2.54. The van der Waals surface area contributed by atoms with Gasteiger partial charge in [-0.2, -0.15) is 0 Å². The fourth-order valence-electron chi connectivity index (χ4n) is 5.03. The van der Waals surface area contributed by atoms with Crippen molar-refractivity contribution in [2.75, 3.05) is 40.0 Å². The van der Waals surface area contributed by atoms with Gasteiger partial charge in [-0.3, -0.25) is 4.99 Å². The van der Waals surface area contributed by atoms with Crippen molar-refractivity contribution in [2.45, 2.75) is 64.5 Å². The topological polar surface area (TPSA) is 46.1 Å². The van der Waals surface area contributed by atoms with Gasteiger partial charge in [-0.25, -0.2) is 0 Å². The fraction of sp³-hybridized carbons (Fsp3) is 0.947. The van der Waals surface area contributed by atoms with Crippen LogP contribution in [0, 0.1) is 11.3 Å². The summed E-state index contributed by atoms with van der Waals surface area (Å²) in [5.74, 6) is 1.75. The number of guanidine groups is 1. The van der Waals surface area contributed by atoms with Crippen LogP contribution in [0.25, 0.3) is 0 Å². The number of aliphatic imine (C=N–C) groups is 1. The Morgan fingerprint density at radius 1 is 1.28 bits per heavy atom. The molecule has 1 aliphatic heterocycles. The fourth-order valence-corrected chi connectivity index (χ4v) is 5.03. The van der Waals surface area contributed by atoms with Gasteiger partial charge in [-0.1, -0.05) is 12.8 Å². The van der Waals surface area contributed by atoms with Crippen LogP contribution in [-0.4, -0.2) is 63.0 Å². The molecule has 3 unspecified atom stereocenters. The highest BCUT2D eigenvalue weighted by molar-refractivity contribution is 14.0. The molecular weight excluding hydrogens is 429 g/mol. The Morgan fingerprint density at radius 3 is 2.68 bits per heavy atom. The van der Waals surface area contributed by atoms with Crippen LogP contribution in [0.2, 0.25) is 0 Å². The number of nitrogens with zero attached hydrogens (tertiary/aromatic N) is 2. The average Bonchev–Trinajstić information content (AvgIpc) is 3.24. The lowest BCUT2D eigenvalue weighted by Crippen LogP contribution is -2.65. The second kappa shape index (κ2) is 9.74. The molecule has 0 aromatic rings. The van der Waals surface area contributed by atoms with Crippen LogP contribution in [0.3, 0.4) is 0 Å². The molecule has 3 atom stereocenters. The first-order valence-corrected chi connectivity index (χ1v) is 9.90. The summed E-state index contributed by atoms with van der Waals surface area (Å²) in [5, 5.41) is 3.84. The van der Waals surface area contributed by atoms with E-state index < -0.39 is 0 Å². The van der Waals surface area contributed by atoms with Crippen LogP contribution in [-0.2, 0) is 9.47 Å². The molecule has 2 saturated carbocycles. The van der Waals surface area contributed by atoms with Gasteiger partial charge in [0.25, 0.3) is 0 Å². The minimum atomic E-state index is 0. The molecule has 3 rings (SSSR count). The third kappa shape index (κ3) is 4.43. The summed E-state index contributed by atoms with van der Waals surface area (Å²) in [6.07, 6.45) is 8.09. The van der Waals surface area contributed by atoms with E-state index in [0.717, 1.165) is 45.2 Å². The van der Waals surface area contributed by atoms with E-state index in [4.69, 9.17) is 14.5 Å². The average molecular weight is 465 g/mol. The molecule has 5 nitrogen and oxygen atoms in total. The monoisotopic (exact) mass is 465 g/mol. The summed E-state index contributed by atoms with van der Waals surface area (Å²) in [6, 6.07) is 0.531. The molecule has 0 radical (unpaired) electrons. The molecule has 0 aromatic carbocycles. The van der Waals surface area contributed by atoms with Crippen molar-refractivity contribution in [1.29, 1.82) is 0 Å². The van der Waals surface area contributed by atoms with Gasteiger partial charge in [-0.05, 0) is 39.5 Å². The third-order valence-corrected chi connectivity index (χ3v) is 6.29. The Labute approximate surface area is 170 Å². The van der Waals surface area contributed by atoms with Gasteiger partial charge < -0.3 is 19.7 Å². The third-order valence-electron chi connectivity index (χ3n) is 6.29. The largest absolute Gasteiger partial charge is 0.384 e. The molecule has 3 fully saturated rings. The zero-order valence-electron chi connectivity index (χ0n) is 16.1. The predicted octanol–water partition coefficient (Wildman–Crippen LogP) is 3.28. The van der Waals surface area contributed by atoms with Crippen molar-refractivity contribution >= 4 is 29.9 Å². The minimum Gasteiger partial charge on any atom is -0.384 e. The lowest BCUT2D eigenvalue weighted by molar-refractivity contribution is -0.126. The Kier molecular flexibility index (Phi) is 8.27. The molecule has 1 saturated heterocycles. The van der Waals surface area contributed by atoms with Crippen LogP contribution in [0.15, 0.2) is 4.99 Å². The van der Waals surface area contributed by atoms with E-state index in [-0.39, 0.29) is 24.0 Å². The van der Waals surface area contributed by atoms with Gasteiger partial charge in [0.05, 0.1) is 12.7 Å². The quantitative estimate of drug-likeness (QED) is 0.372. The van der Waals surface area contributed by atoms with Crippen molar-refractivity contribution in [3.8, 4) is 0 Å². The summed E-state index contributed by atoms with van der Waals surface area (Å²) in [6.45, 7) is 8.92. The Balaban J connectivity index is 0.00000225. The molecule has 25 heavy (non-hydrogen) atoms. The molecule has 2 aliphatic carbocycles. The molecular formula is C19H36IN3O2. The summed E-state index contributed by atoms with van der Waals surface area (Å²) in [5.41, 5.74) is 0.357. The van der Waals surface area contributed by atoms with Crippen LogP contribution in [0.5, 0.6) is 0 Å². The number of likely N-dealkylation sites (tertiary alicyclic amines) is 1. The highest BCUT2D eigenvalue weighted by Gasteiger charge is 2.57. The summed E-state index contributed by atoms with van der Waals surface area (Å²) >= 11 is 0. The second-order valence-electron chi connectivity index (χ2n) is 7.67. The van der Waals surface area contributed by atoms with Crippen LogP contribution < -0.4 is 5.32 Å². The van der Waals surface area contributed by atoms with E-state index in [1.165, 1.54) is 32.1 Å². The maximum absolute atomic E-state index is 6.05. The summed E-state index contributed by atoms with van der Waals surface area (Å²) in [4.78, 5) is 7.23. The lowest BCUT2D eigenvalue weighted by Gasteiger charge is -2.54. The first-order chi connectivity index (χ1) is 11.7. The van der Waals surface area contributed by atoms with Gasteiger partial charge >= 0.3 is 0 Å². The number of hydrogen-bond acceptors (Lipinski definition) is 3. The molecule has 146 valence electrons. The predicted molar refractivity (Wildman–Crippen MR) is 113 cm³/mol. The van der Waals surface area contributed by atoms with E-state index in [1.54, 1.807) is 7.11 Å². The molecule has 1 N–H and O–H groups in total. The van der Waals surface area contributed by atoms with E-state index in [0.29, 0.717) is 23.5 Å². The lowest BCUT2D eigenvalue weighted by atomic mass is 9.60. The molecule has 0 bridgehead atoms. The number of ether oxygens (including phenoxy) is 2.